The van der Waals surface area contributed by atoms with E-state index in [9.17, 15) is 19.2 Å². The van der Waals surface area contributed by atoms with E-state index in [-0.39, 0.29) is 48.6 Å². The maximum Gasteiger partial charge on any atom is 0.407 e. The first-order chi connectivity index (χ1) is 17.7. The van der Waals surface area contributed by atoms with Gasteiger partial charge in [-0.15, -0.1) is 0 Å². The number of amides is 3. The lowest BCUT2D eigenvalue weighted by atomic mass is 9.94. The van der Waals surface area contributed by atoms with E-state index in [0.29, 0.717) is 24.8 Å². The summed E-state index contributed by atoms with van der Waals surface area (Å²) in [5.74, 6) is -0.705. The van der Waals surface area contributed by atoms with Crippen LogP contribution in [0.5, 0.6) is 0 Å². The van der Waals surface area contributed by atoms with E-state index in [1.807, 2.05) is 50.2 Å². The summed E-state index contributed by atoms with van der Waals surface area (Å²) in [6, 6.07) is 17.9. The minimum Gasteiger partial charge on any atom is -0.447 e. The largest absolute Gasteiger partial charge is 0.447 e. The maximum absolute atomic E-state index is 12.9. The van der Waals surface area contributed by atoms with Gasteiger partial charge in [0.1, 0.15) is 6.54 Å². The fraction of sp³-hybridized carbons (Fsp3) is 0.448. The summed E-state index contributed by atoms with van der Waals surface area (Å²) in [5, 5.41) is 8.29. The van der Waals surface area contributed by atoms with Gasteiger partial charge in [-0.1, -0.05) is 74.5 Å². The molecule has 0 aliphatic carbocycles. The Balaban J connectivity index is 1.91. The predicted octanol–water partition coefficient (Wildman–Crippen LogP) is 4.04. The van der Waals surface area contributed by atoms with Crippen LogP contribution >= 0.6 is 0 Å². The van der Waals surface area contributed by atoms with E-state index < -0.39 is 12.1 Å². The molecule has 8 heteroatoms. The zero-order valence-corrected chi connectivity index (χ0v) is 22.2. The van der Waals surface area contributed by atoms with Crippen molar-refractivity contribution < 1.29 is 23.9 Å². The quantitative estimate of drug-likeness (QED) is 0.333. The number of benzene rings is 2. The Morgan fingerprint density at radius 2 is 1.43 bits per heavy atom. The van der Waals surface area contributed by atoms with Crippen molar-refractivity contribution in [2.75, 3.05) is 6.54 Å². The van der Waals surface area contributed by atoms with Gasteiger partial charge in [0.2, 0.25) is 11.8 Å². The molecule has 0 saturated carbocycles. The van der Waals surface area contributed by atoms with E-state index in [1.54, 1.807) is 38.1 Å². The monoisotopic (exact) mass is 509 g/mol. The van der Waals surface area contributed by atoms with Crippen molar-refractivity contribution in [2.45, 2.75) is 71.6 Å². The van der Waals surface area contributed by atoms with E-state index in [0.717, 1.165) is 5.56 Å². The van der Waals surface area contributed by atoms with Crippen LogP contribution < -0.4 is 16.0 Å². The topological polar surface area (TPSA) is 114 Å². The molecule has 0 heterocycles. The van der Waals surface area contributed by atoms with Gasteiger partial charge in [-0.05, 0) is 44.6 Å². The Kier molecular flexibility index (Phi) is 12.3. The molecule has 2 rings (SSSR count). The van der Waals surface area contributed by atoms with Crippen molar-refractivity contribution in [3.05, 3.63) is 71.8 Å². The van der Waals surface area contributed by atoms with E-state index in [2.05, 4.69) is 16.0 Å². The Labute approximate surface area is 219 Å². The Bertz CT molecular complexity index is 1010. The number of carbonyl (C=O) groups excluding carboxylic acids is 4. The molecule has 2 aromatic rings. The van der Waals surface area contributed by atoms with E-state index in [4.69, 9.17) is 4.74 Å². The number of hydrogen-bond acceptors (Lipinski definition) is 5. The number of carbonyl (C=O) groups is 4. The molecule has 0 radical (unpaired) electrons. The third-order valence-corrected chi connectivity index (χ3v) is 5.71. The molecule has 37 heavy (non-hydrogen) atoms. The lowest BCUT2D eigenvalue weighted by Gasteiger charge is -2.22. The second-order valence-electron chi connectivity index (χ2n) is 9.67. The number of Topliss-reactive ketones (excluding diaryl/α,β-unsaturated/α-hetero) is 1. The average molecular weight is 510 g/mol. The second-order valence-corrected chi connectivity index (χ2v) is 9.67. The maximum atomic E-state index is 12.9. The van der Waals surface area contributed by atoms with Crippen LogP contribution in [0, 0.1) is 5.92 Å². The fourth-order valence-electron chi connectivity index (χ4n) is 3.88. The van der Waals surface area contributed by atoms with Crippen LogP contribution in [0.4, 0.5) is 4.79 Å². The number of rotatable bonds is 14. The first kappa shape index (κ1) is 29.5. The Hall–Kier alpha value is -3.68. The minimum atomic E-state index is -0.647. The van der Waals surface area contributed by atoms with Crippen LogP contribution in [0.2, 0.25) is 0 Å². The van der Waals surface area contributed by atoms with Crippen molar-refractivity contribution in [3.63, 3.8) is 0 Å². The highest BCUT2D eigenvalue weighted by atomic mass is 16.6. The molecule has 0 aliphatic heterocycles. The molecule has 0 spiro atoms. The number of alkyl carbamates (subject to hydrolysis) is 1. The molecule has 0 aliphatic rings. The van der Waals surface area contributed by atoms with Gasteiger partial charge in [0.05, 0.1) is 12.1 Å². The summed E-state index contributed by atoms with van der Waals surface area (Å²) < 4.78 is 4.99. The number of nitrogens with one attached hydrogen (secondary N) is 3. The number of hydrogen-bond donors (Lipinski definition) is 3. The molecule has 2 aromatic carbocycles. The van der Waals surface area contributed by atoms with Gasteiger partial charge in [0.15, 0.2) is 5.78 Å². The number of ether oxygens (including phenoxy) is 1. The van der Waals surface area contributed by atoms with Crippen LogP contribution in [-0.2, 0) is 20.7 Å². The molecule has 2 unspecified atom stereocenters. The standard InChI is InChI=1S/C29H39N3O5/c1-20(2)27(28(35)23-14-9-6-10-15-23)32-25(33)17-11-16-24(18-22-12-7-5-8-13-22)31-26(34)19-30-29(36)37-21(3)4/h5-10,12-15,20-21,24,27H,11,16-19H2,1-4H3,(H,30,36)(H,31,34)(H,32,33). The lowest BCUT2D eigenvalue weighted by molar-refractivity contribution is -0.122. The molecule has 200 valence electrons. The molecule has 0 saturated heterocycles. The van der Waals surface area contributed by atoms with Crippen LogP contribution in [0.3, 0.4) is 0 Å². The van der Waals surface area contributed by atoms with Gasteiger partial charge >= 0.3 is 6.09 Å². The van der Waals surface area contributed by atoms with Crippen LogP contribution in [-0.4, -0.2) is 48.4 Å². The molecule has 0 aromatic heterocycles. The van der Waals surface area contributed by atoms with Crippen molar-refractivity contribution in [2.24, 2.45) is 5.92 Å². The predicted molar refractivity (Wildman–Crippen MR) is 143 cm³/mol. The summed E-state index contributed by atoms with van der Waals surface area (Å²) in [6.45, 7) is 7.07. The molecular formula is C29H39N3O5. The molecule has 8 nitrogen and oxygen atoms in total. The number of ketones is 1. The van der Waals surface area contributed by atoms with Crippen LogP contribution in [0.1, 0.15) is 62.9 Å². The van der Waals surface area contributed by atoms with Crippen LogP contribution in [0.25, 0.3) is 0 Å². The van der Waals surface area contributed by atoms with Crippen molar-refractivity contribution in [3.8, 4) is 0 Å². The zero-order valence-electron chi connectivity index (χ0n) is 22.2. The summed E-state index contributed by atoms with van der Waals surface area (Å²) in [7, 11) is 0. The Morgan fingerprint density at radius 1 is 0.811 bits per heavy atom. The second kappa shape index (κ2) is 15.4. The summed E-state index contributed by atoms with van der Waals surface area (Å²) in [6.07, 6.45) is 0.974. The first-order valence-corrected chi connectivity index (χ1v) is 12.8. The van der Waals surface area contributed by atoms with Crippen molar-refractivity contribution in [1.82, 2.24) is 16.0 Å². The van der Waals surface area contributed by atoms with Gasteiger partial charge in [-0.3, -0.25) is 14.4 Å². The molecule has 0 bridgehead atoms. The van der Waals surface area contributed by atoms with Gasteiger partial charge in [0, 0.05) is 18.0 Å². The van der Waals surface area contributed by atoms with Crippen LogP contribution in [0.15, 0.2) is 60.7 Å². The normalized spacial score (nSPS) is 12.5. The van der Waals surface area contributed by atoms with Crippen molar-refractivity contribution in [1.29, 1.82) is 0 Å². The summed E-state index contributed by atoms with van der Waals surface area (Å²) in [5.41, 5.74) is 1.62. The molecular weight excluding hydrogens is 470 g/mol. The highest BCUT2D eigenvalue weighted by Crippen LogP contribution is 2.13. The minimum absolute atomic E-state index is 0.0586. The third-order valence-electron chi connectivity index (χ3n) is 5.71. The van der Waals surface area contributed by atoms with E-state index >= 15 is 0 Å². The molecule has 3 amide bonds. The zero-order chi connectivity index (χ0) is 27.2. The lowest BCUT2D eigenvalue weighted by Crippen LogP contribution is -2.45. The highest BCUT2D eigenvalue weighted by molar-refractivity contribution is 6.02. The van der Waals surface area contributed by atoms with Gasteiger partial charge in [-0.2, -0.15) is 0 Å². The Morgan fingerprint density at radius 3 is 2.03 bits per heavy atom. The smallest absolute Gasteiger partial charge is 0.407 e. The summed E-state index contributed by atoms with van der Waals surface area (Å²) >= 11 is 0. The van der Waals surface area contributed by atoms with Gasteiger partial charge in [-0.25, -0.2) is 4.79 Å². The van der Waals surface area contributed by atoms with Gasteiger partial charge in [0.25, 0.3) is 0 Å². The van der Waals surface area contributed by atoms with E-state index in [1.165, 1.54) is 0 Å². The average Bonchev–Trinajstić information content (AvgIpc) is 2.86. The molecule has 2 atom stereocenters. The molecule has 0 fully saturated rings. The SMILES string of the molecule is CC(C)OC(=O)NCC(=O)NC(CCCC(=O)NC(C(=O)c1ccccc1)C(C)C)Cc1ccccc1. The van der Waals surface area contributed by atoms with Crippen molar-refractivity contribution >= 4 is 23.7 Å². The highest BCUT2D eigenvalue weighted by Gasteiger charge is 2.25. The fourth-order valence-corrected chi connectivity index (χ4v) is 3.88. The first-order valence-electron chi connectivity index (χ1n) is 12.8. The molecule has 3 N–H and O–H groups in total. The third kappa shape index (κ3) is 11.3. The van der Waals surface area contributed by atoms with Gasteiger partial charge < -0.3 is 20.7 Å². The summed E-state index contributed by atoms with van der Waals surface area (Å²) in [4.78, 5) is 49.7.